The number of hydrogen-bond acceptors (Lipinski definition) is 7. The van der Waals surface area contributed by atoms with E-state index >= 15 is 0 Å². The predicted octanol–water partition coefficient (Wildman–Crippen LogP) is 0.799. The molecule has 2 atom stereocenters. The van der Waals surface area contributed by atoms with E-state index in [1.165, 1.54) is 0 Å². The molecule has 7 nitrogen and oxygen atoms in total. The maximum Gasteiger partial charge on any atom is 0.104 e. The van der Waals surface area contributed by atoms with Gasteiger partial charge in [0.1, 0.15) is 12.2 Å². The third kappa shape index (κ3) is 4.26. The molecule has 2 aromatic rings. The van der Waals surface area contributed by atoms with E-state index in [9.17, 15) is 10.2 Å². The molecule has 0 amide bonds. The van der Waals surface area contributed by atoms with Crippen molar-refractivity contribution in [3.63, 3.8) is 0 Å². The minimum absolute atomic E-state index is 0.0138. The highest BCUT2D eigenvalue weighted by Crippen LogP contribution is 2.25. The molecule has 0 aliphatic carbocycles. The highest BCUT2D eigenvalue weighted by molar-refractivity contribution is 5.58. The van der Waals surface area contributed by atoms with Crippen molar-refractivity contribution in [3.8, 4) is 0 Å². The lowest BCUT2D eigenvalue weighted by Gasteiger charge is -2.17. The molecule has 2 aromatic carbocycles. The van der Waals surface area contributed by atoms with Crippen molar-refractivity contribution in [2.45, 2.75) is 12.2 Å². The van der Waals surface area contributed by atoms with E-state index in [4.69, 9.17) is 27.7 Å². The van der Waals surface area contributed by atoms with Crippen LogP contribution in [0.3, 0.4) is 0 Å². The first kappa shape index (κ1) is 16.9. The van der Waals surface area contributed by atoms with Gasteiger partial charge in [-0.3, -0.25) is 0 Å². The molecule has 0 aliphatic rings. The van der Waals surface area contributed by atoms with Gasteiger partial charge in [0.25, 0.3) is 0 Å². The van der Waals surface area contributed by atoms with Gasteiger partial charge < -0.3 is 37.9 Å². The number of nitrogen functional groups attached to an aromatic ring is 4. The summed E-state index contributed by atoms with van der Waals surface area (Å²) in [5.74, 6) is 0. The third-order valence-electron chi connectivity index (χ3n) is 3.49. The molecule has 0 aliphatic heterocycles. The number of aliphatic hydroxyl groups excluding tert-OH is 2. The Kier molecular flexibility index (Phi) is 5.28. The Hall–Kier alpha value is -2.48. The first-order valence-electron chi connectivity index (χ1n) is 7.12. The monoisotopic (exact) mass is 318 g/mol. The molecule has 0 aromatic heterocycles. The Morgan fingerprint density at radius 1 is 0.739 bits per heavy atom. The molecule has 23 heavy (non-hydrogen) atoms. The zero-order chi connectivity index (χ0) is 17.0. The number of nitrogens with two attached hydrogens (primary N) is 4. The lowest BCUT2D eigenvalue weighted by atomic mass is 10.1. The summed E-state index contributed by atoms with van der Waals surface area (Å²) in [5, 5.41) is 20.2. The summed E-state index contributed by atoms with van der Waals surface area (Å²) < 4.78 is 5.36. The first-order valence-corrected chi connectivity index (χ1v) is 7.12. The largest absolute Gasteiger partial charge is 0.399 e. The molecule has 2 unspecified atom stereocenters. The van der Waals surface area contributed by atoms with E-state index < -0.39 is 12.2 Å². The Morgan fingerprint density at radius 3 is 1.48 bits per heavy atom. The third-order valence-corrected chi connectivity index (χ3v) is 3.49. The summed E-state index contributed by atoms with van der Waals surface area (Å²) >= 11 is 0. The second-order valence-corrected chi connectivity index (χ2v) is 5.35. The average molecular weight is 318 g/mol. The Bertz CT molecular complexity index is 621. The highest BCUT2D eigenvalue weighted by Gasteiger charge is 2.15. The number of ether oxygens (including phenoxy) is 1. The van der Waals surface area contributed by atoms with Crippen molar-refractivity contribution in [2.75, 3.05) is 36.1 Å². The maximum absolute atomic E-state index is 10.1. The summed E-state index contributed by atoms with van der Waals surface area (Å²) in [6.45, 7) is -0.0277. The van der Waals surface area contributed by atoms with Crippen LogP contribution in [0.5, 0.6) is 0 Å². The van der Waals surface area contributed by atoms with Gasteiger partial charge in [0, 0.05) is 33.9 Å². The lowest BCUT2D eigenvalue weighted by Crippen LogP contribution is -2.15. The molecule has 0 saturated carbocycles. The van der Waals surface area contributed by atoms with Crippen LogP contribution in [0, 0.1) is 0 Å². The molecule has 124 valence electrons. The van der Waals surface area contributed by atoms with Crippen LogP contribution in [0.15, 0.2) is 36.4 Å². The second-order valence-electron chi connectivity index (χ2n) is 5.35. The number of aliphatic hydroxyl groups is 2. The number of hydrogen-bond donors (Lipinski definition) is 6. The lowest BCUT2D eigenvalue weighted by molar-refractivity contribution is -0.00851. The minimum atomic E-state index is -0.911. The van der Waals surface area contributed by atoms with Gasteiger partial charge in [-0.05, 0) is 24.3 Å². The summed E-state index contributed by atoms with van der Waals surface area (Å²) in [6.07, 6.45) is -1.82. The highest BCUT2D eigenvalue weighted by atomic mass is 16.5. The van der Waals surface area contributed by atoms with Crippen molar-refractivity contribution >= 4 is 22.7 Å². The molecule has 0 heterocycles. The van der Waals surface area contributed by atoms with Gasteiger partial charge in [0.15, 0.2) is 0 Å². The Balaban J connectivity index is 1.91. The van der Waals surface area contributed by atoms with Crippen LogP contribution in [-0.2, 0) is 4.74 Å². The first-order chi connectivity index (χ1) is 10.9. The molecule has 0 spiro atoms. The fourth-order valence-corrected chi connectivity index (χ4v) is 2.26. The van der Waals surface area contributed by atoms with E-state index in [2.05, 4.69) is 0 Å². The van der Waals surface area contributed by atoms with Crippen LogP contribution >= 0.6 is 0 Å². The van der Waals surface area contributed by atoms with Crippen molar-refractivity contribution in [2.24, 2.45) is 0 Å². The second kappa shape index (κ2) is 7.19. The van der Waals surface area contributed by atoms with E-state index in [-0.39, 0.29) is 13.2 Å². The molecule has 0 saturated heterocycles. The minimum Gasteiger partial charge on any atom is -0.399 e. The Labute approximate surface area is 134 Å². The van der Waals surface area contributed by atoms with Crippen molar-refractivity contribution in [1.29, 1.82) is 0 Å². The fourth-order valence-electron chi connectivity index (χ4n) is 2.26. The van der Waals surface area contributed by atoms with Gasteiger partial charge in [0.05, 0.1) is 13.2 Å². The summed E-state index contributed by atoms with van der Waals surface area (Å²) in [4.78, 5) is 0. The van der Waals surface area contributed by atoms with Crippen molar-refractivity contribution < 1.29 is 14.9 Å². The quantitative estimate of drug-likeness (QED) is 0.430. The fraction of sp³-hybridized carbons (Fsp3) is 0.250. The van der Waals surface area contributed by atoms with Crippen LogP contribution < -0.4 is 22.9 Å². The molecule has 2 rings (SSSR count). The van der Waals surface area contributed by atoms with Crippen LogP contribution in [0.25, 0.3) is 0 Å². The van der Waals surface area contributed by atoms with E-state index in [0.29, 0.717) is 33.9 Å². The SMILES string of the molecule is Nc1ccc(C(O)COCC(O)c2ccc(N)cc2N)c(N)c1. The molecule has 0 radical (unpaired) electrons. The summed E-state index contributed by atoms with van der Waals surface area (Å²) in [7, 11) is 0. The number of benzene rings is 2. The number of anilines is 4. The molecule has 10 N–H and O–H groups in total. The van der Waals surface area contributed by atoms with Gasteiger partial charge in [-0.1, -0.05) is 12.1 Å². The van der Waals surface area contributed by atoms with Crippen molar-refractivity contribution in [1.82, 2.24) is 0 Å². The predicted molar refractivity (Wildman–Crippen MR) is 91.3 cm³/mol. The molecule has 0 bridgehead atoms. The van der Waals surface area contributed by atoms with Gasteiger partial charge in [-0.15, -0.1) is 0 Å². The average Bonchev–Trinajstić information content (AvgIpc) is 2.46. The summed E-state index contributed by atoms with van der Waals surface area (Å²) in [6, 6.07) is 9.74. The zero-order valence-corrected chi connectivity index (χ0v) is 12.6. The maximum atomic E-state index is 10.1. The van der Waals surface area contributed by atoms with Gasteiger partial charge in [-0.2, -0.15) is 0 Å². The van der Waals surface area contributed by atoms with Crippen LogP contribution in [0.2, 0.25) is 0 Å². The topological polar surface area (TPSA) is 154 Å². The van der Waals surface area contributed by atoms with Crippen LogP contribution in [0.4, 0.5) is 22.7 Å². The van der Waals surface area contributed by atoms with Crippen LogP contribution in [-0.4, -0.2) is 23.4 Å². The van der Waals surface area contributed by atoms with Crippen molar-refractivity contribution in [3.05, 3.63) is 47.5 Å². The zero-order valence-electron chi connectivity index (χ0n) is 12.6. The van der Waals surface area contributed by atoms with E-state index in [1.807, 2.05) is 0 Å². The molecule has 0 fully saturated rings. The summed E-state index contributed by atoms with van der Waals surface area (Å²) in [5.41, 5.74) is 25.7. The molecular weight excluding hydrogens is 296 g/mol. The van der Waals surface area contributed by atoms with E-state index in [0.717, 1.165) is 0 Å². The number of rotatable bonds is 6. The van der Waals surface area contributed by atoms with Gasteiger partial charge in [0.2, 0.25) is 0 Å². The van der Waals surface area contributed by atoms with Crippen LogP contribution in [0.1, 0.15) is 23.3 Å². The van der Waals surface area contributed by atoms with Gasteiger partial charge >= 0.3 is 0 Å². The molecular formula is C16H22N4O3. The van der Waals surface area contributed by atoms with Gasteiger partial charge in [-0.25, -0.2) is 0 Å². The normalized spacial score (nSPS) is 13.7. The smallest absolute Gasteiger partial charge is 0.104 e. The van der Waals surface area contributed by atoms with E-state index in [1.54, 1.807) is 36.4 Å². The molecule has 7 heteroatoms. The standard InChI is InChI=1S/C16H22N4O3/c17-9-1-3-11(13(19)5-9)15(21)7-23-8-16(22)12-4-2-10(18)6-14(12)20/h1-6,15-16,21-22H,7-8,17-20H2. The Morgan fingerprint density at radius 2 is 1.13 bits per heavy atom.